The zero-order valence-electron chi connectivity index (χ0n) is 10.4. The van der Waals surface area contributed by atoms with Crippen LogP contribution < -0.4 is 0 Å². The molecule has 0 radical (unpaired) electrons. The number of carbonyl (C=O) groups excluding carboxylic acids is 1. The van der Waals surface area contributed by atoms with E-state index in [2.05, 4.69) is 15.9 Å². The molecule has 1 N–H and O–H groups in total. The number of carboxylic acid groups (broad SMARTS) is 1. The van der Waals surface area contributed by atoms with Crippen LogP contribution in [0, 0.1) is 6.92 Å². The summed E-state index contributed by atoms with van der Waals surface area (Å²) in [6.07, 6.45) is -0.0838. The number of carbonyl (C=O) groups is 2. The van der Waals surface area contributed by atoms with Crippen molar-refractivity contribution in [2.45, 2.75) is 26.3 Å². The summed E-state index contributed by atoms with van der Waals surface area (Å²) in [4.78, 5) is 23.7. The van der Waals surface area contributed by atoms with Crippen LogP contribution in [0.15, 0.2) is 22.7 Å². The molecule has 0 aliphatic rings. The molecule has 0 saturated carbocycles. The maximum absolute atomic E-state index is 11.7. The molecule has 0 bridgehead atoms. The summed E-state index contributed by atoms with van der Waals surface area (Å²) >= 11 is 3.39. The molecule has 1 amide bonds. The van der Waals surface area contributed by atoms with Crippen LogP contribution in [0.2, 0.25) is 0 Å². The van der Waals surface area contributed by atoms with Gasteiger partial charge in [0.05, 0.1) is 6.42 Å². The lowest BCUT2D eigenvalue weighted by Crippen LogP contribution is -2.26. The molecule has 0 aliphatic heterocycles. The Morgan fingerprint density at radius 3 is 2.61 bits per heavy atom. The molecule has 98 valence electrons. The van der Waals surface area contributed by atoms with Gasteiger partial charge in [-0.15, -0.1) is 0 Å². The number of aliphatic carboxylic acids is 1. The van der Waals surface area contributed by atoms with E-state index in [-0.39, 0.29) is 18.7 Å². The third-order valence-corrected chi connectivity index (χ3v) is 3.19. The summed E-state index contributed by atoms with van der Waals surface area (Å²) in [5.41, 5.74) is 2.16. The van der Waals surface area contributed by atoms with Crippen molar-refractivity contribution in [3.63, 3.8) is 0 Å². The zero-order chi connectivity index (χ0) is 13.7. The smallest absolute Gasteiger partial charge is 0.303 e. The molecule has 0 heterocycles. The van der Waals surface area contributed by atoms with E-state index in [9.17, 15) is 9.59 Å². The number of aryl methyl sites for hydroxylation is 1. The number of rotatable bonds is 5. The SMILES string of the molecule is Cc1ccc(Br)cc1CN(C)C(=O)CCC(=O)O. The second-order valence-corrected chi connectivity index (χ2v) is 5.13. The van der Waals surface area contributed by atoms with Gasteiger partial charge in [0.2, 0.25) is 5.91 Å². The molecule has 0 spiro atoms. The highest BCUT2D eigenvalue weighted by Crippen LogP contribution is 2.17. The van der Waals surface area contributed by atoms with Gasteiger partial charge in [-0.05, 0) is 30.2 Å². The van der Waals surface area contributed by atoms with E-state index in [1.165, 1.54) is 0 Å². The molecule has 18 heavy (non-hydrogen) atoms. The fourth-order valence-electron chi connectivity index (χ4n) is 1.56. The average Bonchev–Trinajstić information content (AvgIpc) is 2.30. The first-order valence-corrected chi connectivity index (χ1v) is 6.40. The van der Waals surface area contributed by atoms with Crippen molar-refractivity contribution in [2.75, 3.05) is 7.05 Å². The first kappa shape index (κ1) is 14.7. The van der Waals surface area contributed by atoms with E-state index in [1.54, 1.807) is 11.9 Å². The van der Waals surface area contributed by atoms with Crippen molar-refractivity contribution in [1.29, 1.82) is 0 Å². The molecular formula is C13H16BrNO3. The topological polar surface area (TPSA) is 57.6 Å². The van der Waals surface area contributed by atoms with Gasteiger partial charge >= 0.3 is 5.97 Å². The zero-order valence-corrected chi connectivity index (χ0v) is 12.0. The Kier molecular flexibility index (Phi) is 5.34. The minimum absolute atomic E-state index is 0.0406. The summed E-state index contributed by atoms with van der Waals surface area (Å²) in [6.45, 7) is 2.47. The van der Waals surface area contributed by atoms with E-state index >= 15 is 0 Å². The lowest BCUT2D eigenvalue weighted by atomic mass is 10.1. The van der Waals surface area contributed by atoms with E-state index in [0.717, 1.165) is 15.6 Å². The van der Waals surface area contributed by atoms with Crippen LogP contribution in [0.3, 0.4) is 0 Å². The van der Waals surface area contributed by atoms with Gasteiger partial charge in [-0.1, -0.05) is 22.0 Å². The Balaban J connectivity index is 2.63. The highest BCUT2D eigenvalue weighted by atomic mass is 79.9. The van der Waals surface area contributed by atoms with Gasteiger partial charge in [0.1, 0.15) is 0 Å². The molecule has 1 aromatic rings. The first-order chi connectivity index (χ1) is 8.40. The Morgan fingerprint density at radius 1 is 1.33 bits per heavy atom. The maximum Gasteiger partial charge on any atom is 0.303 e. The van der Waals surface area contributed by atoms with E-state index in [4.69, 9.17) is 5.11 Å². The molecule has 5 heteroatoms. The van der Waals surface area contributed by atoms with Crippen molar-refractivity contribution in [3.8, 4) is 0 Å². The number of amides is 1. The number of benzene rings is 1. The molecule has 0 atom stereocenters. The molecule has 0 unspecified atom stereocenters. The third kappa shape index (κ3) is 4.49. The molecule has 1 rings (SSSR count). The lowest BCUT2D eigenvalue weighted by Gasteiger charge is -2.18. The summed E-state index contributed by atoms with van der Waals surface area (Å²) in [5.74, 6) is -1.10. The lowest BCUT2D eigenvalue weighted by molar-refractivity contribution is -0.140. The van der Waals surface area contributed by atoms with Crippen LogP contribution in [0.4, 0.5) is 0 Å². The highest BCUT2D eigenvalue weighted by molar-refractivity contribution is 9.10. The van der Waals surface area contributed by atoms with Gasteiger partial charge in [-0.3, -0.25) is 9.59 Å². The predicted octanol–water partition coefficient (Wildman–Crippen LogP) is 2.58. The van der Waals surface area contributed by atoms with Crippen LogP contribution in [-0.2, 0) is 16.1 Å². The number of halogens is 1. The van der Waals surface area contributed by atoms with Gasteiger partial charge in [0.25, 0.3) is 0 Å². The first-order valence-electron chi connectivity index (χ1n) is 5.61. The number of carboxylic acids is 1. The van der Waals surface area contributed by atoms with Crippen molar-refractivity contribution in [3.05, 3.63) is 33.8 Å². The predicted molar refractivity (Wildman–Crippen MR) is 72.2 cm³/mol. The minimum Gasteiger partial charge on any atom is -0.481 e. The van der Waals surface area contributed by atoms with E-state index < -0.39 is 5.97 Å². The van der Waals surface area contributed by atoms with Crippen molar-refractivity contribution >= 4 is 27.8 Å². The fraction of sp³-hybridized carbons (Fsp3) is 0.385. The second-order valence-electron chi connectivity index (χ2n) is 4.21. The summed E-state index contributed by atoms with van der Waals surface area (Å²) in [7, 11) is 1.69. The molecule has 0 saturated heterocycles. The van der Waals surface area contributed by atoms with Gasteiger partial charge in [-0.25, -0.2) is 0 Å². The number of hydrogen-bond acceptors (Lipinski definition) is 2. The largest absolute Gasteiger partial charge is 0.481 e. The van der Waals surface area contributed by atoms with Crippen molar-refractivity contribution < 1.29 is 14.7 Å². The molecule has 4 nitrogen and oxygen atoms in total. The molecule has 0 aromatic heterocycles. The van der Waals surface area contributed by atoms with E-state index in [0.29, 0.717) is 6.54 Å². The normalized spacial score (nSPS) is 10.2. The number of nitrogens with zero attached hydrogens (tertiary/aromatic N) is 1. The summed E-state index contributed by atoms with van der Waals surface area (Å²) < 4.78 is 0.967. The van der Waals surface area contributed by atoms with Crippen LogP contribution in [0.25, 0.3) is 0 Å². The average molecular weight is 314 g/mol. The van der Waals surface area contributed by atoms with Crippen LogP contribution in [-0.4, -0.2) is 28.9 Å². The van der Waals surface area contributed by atoms with Crippen LogP contribution in [0.1, 0.15) is 24.0 Å². The Bertz CT molecular complexity index is 460. The standard InChI is InChI=1S/C13H16BrNO3/c1-9-3-4-11(14)7-10(9)8-15(2)12(16)5-6-13(17)18/h3-4,7H,5-6,8H2,1-2H3,(H,17,18). The molecule has 0 aliphatic carbocycles. The maximum atomic E-state index is 11.7. The second kappa shape index (κ2) is 6.54. The Labute approximate surface area is 115 Å². The minimum atomic E-state index is -0.949. The van der Waals surface area contributed by atoms with Gasteiger partial charge in [0.15, 0.2) is 0 Å². The molecule has 1 aromatic carbocycles. The van der Waals surface area contributed by atoms with Crippen LogP contribution in [0.5, 0.6) is 0 Å². The molecular weight excluding hydrogens is 298 g/mol. The fourth-order valence-corrected chi connectivity index (χ4v) is 1.97. The van der Waals surface area contributed by atoms with E-state index in [1.807, 2.05) is 25.1 Å². The Morgan fingerprint density at radius 2 is 2.00 bits per heavy atom. The van der Waals surface area contributed by atoms with Crippen molar-refractivity contribution in [1.82, 2.24) is 4.90 Å². The van der Waals surface area contributed by atoms with Gasteiger partial charge in [-0.2, -0.15) is 0 Å². The third-order valence-electron chi connectivity index (χ3n) is 2.70. The monoisotopic (exact) mass is 313 g/mol. The summed E-state index contributed by atoms with van der Waals surface area (Å²) in [6, 6.07) is 5.90. The summed E-state index contributed by atoms with van der Waals surface area (Å²) in [5, 5.41) is 8.54. The Hall–Kier alpha value is -1.36. The quantitative estimate of drug-likeness (QED) is 0.909. The molecule has 0 fully saturated rings. The van der Waals surface area contributed by atoms with Gasteiger partial charge < -0.3 is 10.0 Å². The van der Waals surface area contributed by atoms with Gasteiger partial charge in [0, 0.05) is 24.5 Å². The van der Waals surface area contributed by atoms with Crippen molar-refractivity contribution in [2.24, 2.45) is 0 Å². The van der Waals surface area contributed by atoms with Crippen LogP contribution >= 0.6 is 15.9 Å². The highest BCUT2D eigenvalue weighted by Gasteiger charge is 2.12. The number of hydrogen-bond donors (Lipinski definition) is 1.